The molecule has 0 spiro atoms. The van der Waals surface area contributed by atoms with Gasteiger partial charge < -0.3 is 4.74 Å². The number of nitrogens with zero attached hydrogens (tertiary/aromatic N) is 2. The molecular weight excluding hydrogens is 228 g/mol. The number of hydrogen-bond donors (Lipinski definition) is 0. The van der Waals surface area contributed by atoms with Crippen molar-refractivity contribution in [1.82, 2.24) is 5.01 Å². The van der Waals surface area contributed by atoms with Gasteiger partial charge in [-0.2, -0.15) is 5.10 Å². The van der Waals surface area contributed by atoms with Crippen molar-refractivity contribution >= 4 is 11.6 Å². The summed E-state index contributed by atoms with van der Waals surface area (Å²) in [5.41, 5.74) is 0.988. The topological polar surface area (TPSA) is 41.9 Å². The molecule has 4 nitrogen and oxygen atoms in total. The first-order valence-electron chi connectivity index (χ1n) is 6.34. The summed E-state index contributed by atoms with van der Waals surface area (Å²) in [5, 5.41) is 5.83. The molecule has 0 aromatic heterocycles. The lowest BCUT2D eigenvalue weighted by molar-refractivity contribution is -0.129. The molecule has 4 heteroatoms. The van der Waals surface area contributed by atoms with Gasteiger partial charge in [0.25, 0.3) is 0 Å². The number of carbonyl (C=O) groups excluding carboxylic acids is 1. The van der Waals surface area contributed by atoms with Gasteiger partial charge in [-0.3, -0.25) is 4.79 Å². The monoisotopic (exact) mass is 246 g/mol. The summed E-state index contributed by atoms with van der Waals surface area (Å²) in [6.07, 6.45) is 2.40. The summed E-state index contributed by atoms with van der Waals surface area (Å²) in [7, 11) is 0. The highest BCUT2D eigenvalue weighted by molar-refractivity contribution is 6.04. The fourth-order valence-corrected chi connectivity index (χ4v) is 1.90. The Morgan fingerprint density at radius 2 is 2.11 bits per heavy atom. The molecule has 1 aliphatic rings. The predicted octanol–water partition coefficient (Wildman–Crippen LogP) is 2.45. The first-order valence-corrected chi connectivity index (χ1v) is 6.34. The van der Waals surface area contributed by atoms with Crippen LogP contribution in [0.15, 0.2) is 35.4 Å². The molecule has 0 bridgehead atoms. The second kappa shape index (κ2) is 6.19. The molecule has 96 valence electrons. The molecule has 0 saturated heterocycles. The van der Waals surface area contributed by atoms with Gasteiger partial charge in [-0.15, -0.1) is 0 Å². The van der Waals surface area contributed by atoms with Crippen LogP contribution in [0, 0.1) is 0 Å². The van der Waals surface area contributed by atoms with Crippen molar-refractivity contribution in [2.75, 3.05) is 13.2 Å². The van der Waals surface area contributed by atoms with Crippen molar-refractivity contribution in [2.24, 2.45) is 5.10 Å². The lowest BCUT2D eigenvalue weighted by Crippen LogP contribution is -2.25. The molecule has 0 atom stereocenters. The number of rotatable bonds is 6. The van der Waals surface area contributed by atoms with Crippen LogP contribution in [-0.4, -0.2) is 29.8 Å². The van der Waals surface area contributed by atoms with E-state index < -0.39 is 0 Å². The van der Waals surface area contributed by atoms with E-state index in [9.17, 15) is 4.79 Å². The Hall–Kier alpha value is -1.84. The number of ether oxygens (including phenoxy) is 1. The highest BCUT2D eigenvalue weighted by Crippen LogP contribution is 2.12. The largest absolute Gasteiger partial charge is 0.492 e. The molecule has 0 N–H and O–H groups in total. The molecular formula is C14H18N2O2. The van der Waals surface area contributed by atoms with Gasteiger partial charge in [-0.25, -0.2) is 5.01 Å². The Morgan fingerprint density at radius 1 is 1.33 bits per heavy atom. The minimum absolute atomic E-state index is 0.0788. The smallest absolute Gasteiger partial charge is 0.248 e. The van der Waals surface area contributed by atoms with E-state index in [1.54, 1.807) is 0 Å². The van der Waals surface area contributed by atoms with Crippen molar-refractivity contribution < 1.29 is 9.53 Å². The van der Waals surface area contributed by atoms with E-state index in [4.69, 9.17) is 4.74 Å². The third-order valence-corrected chi connectivity index (χ3v) is 2.76. The summed E-state index contributed by atoms with van der Waals surface area (Å²) >= 11 is 0. The number of benzene rings is 1. The zero-order valence-corrected chi connectivity index (χ0v) is 10.6. The van der Waals surface area contributed by atoms with E-state index in [-0.39, 0.29) is 5.91 Å². The first-order chi connectivity index (χ1) is 8.79. The van der Waals surface area contributed by atoms with Gasteiger partial charge in [-0.1, -0.05) is 31.5 Å². The van der Waals surface area contributed by atoms with E-state index in [2.05, 4.69) is 12.0 Å². The van der Waals surface area contributed by atoms with Crippen molar-refractivity contribution in [3.63, 3.8) is 0 Å². The molecule has 1 heterocycles. The van der Waals surface area contributed by atoms with E-state index in [0.29, 0.717) is 19.6 Å². The third kappa shape index (κ3) is 3.32. The van der Waals surface area contributed by atoms with Crippen LogP contribution >= 0.6 is 0 Å². The summed E-state index contributed by atoms with van der Waals surface area (Å²) in [5.74, 6) is 0.900. The Labute approximate surface area is 107 Å². The van der Waals surface area contributed by atoms with Gasteiger partial charge in [0.1, 0.15) is 12.4 Å². The number of carbonyl (C=O) groups is 1. The number of hydrogen-bond acceptors (Lipinski definition) is 3. The normalized spacial score (nSPS) is 14.8. The lowest BCUT2D eigenvalue weighted by atomic mass is 10.2. The molecule has 1 aromatic carbocycles. The van der Waals surface area contributed by atoms with Crippen LogP contribution < -0.4 is 4.74 Å². The van der Waals surface area contributed by atoms with Crippen LogP contribution in [0.4, 0.5) is 0 Å². The minimum atomic E-state index is 0.0788. The van der Waals surface area contributed by atoms with Gasteiger partial charge in [-0.05, 0) is 18.6 Å². The summed E-state index contributed by atoms with van der Waals surface area (Å²) in [6.45, 7) is 3.08. The van der Waals surface area contributed by atoms with Crippen LogP contribution in [0.25, 0.3) is 0 Å². The fraction of sp³-hybridized carbons (Fsp3) is 0.429. The molecule has 0 radical (unpaired) electrons. The maximum Gasteiger partial charge on any atom is 0.248 e. The molecule has 0 aliphatic carbocycles. The Morgan fingerprint density at radius 3 is 2.83 bits per heavy atom. The molecule has 1 aromatic rings. The average Bonchev–Trinajstić information content (AvgIpc) is 2.72. The van der Waals surface area contributed by atoms with Gasteiger partial charge in [0.05, 0.1) is 13.0 Å². The van der Waals surface area contributed by atoms with Crippen LogP contribution in [0.2, 0.25) is 0 Å². The van der Waals surface area contributed by atoms with Gasteiger partial charge >= 0.3 is 0 Å². The number of hydrazone groups is 1. The highest BCUT2D eigenvalue weighted by Gasteiger charge is 2.22. The second-order valence-electron chi connectivity index (χ2n) is 4.27. The Bertz CT molecular complexity index is 429. The highest BCUT2D eigenvalue weighted by atomic mass is 16.5. The second-order valence-corrected chi connectivity index (χ2v) is 4.27. The van der Waals surface area contributed by atoms with Crippen LogP contribution in [0.1, 0.15) is 26.2 Å². The number of para-hydroxylation sites is 1. The summed E-state index contributed by atoms with van der Waals surface area (Å²) in [6, 6.07) is 9.59. The maximum absolute atomic E-state index is 11.7. The quantitative estimate of drug-likeness (QED) is 0.773. The van der Waals surface area contributed by atoms with Gasteiger partial charge in [0.2, 0.25) is 5.91 Å². The number of amides is 1. The Kier molecular flexibility index (Phi) is 4.34. The molecule has 1 aliphatic heterocycles. The van der Waals surface area contributed by atoms with Crippen LogP contribution in [0.5, 0.6) is 5.75 Å². The lowest BCUT2D eigenvalue weighted by Gasteiger charge is -2.12. The van der Waals surface area contributed by atoms with Crippen LogP contribution in [0.3, 0.4) is 0 Å². The van der Waals surface area contributed by atoms with Crippen molar-refractivity contribution in [3.05, 3.63) is 30.3 Å². The molecule has 2 rings (SSSR count). The molecule has 0 fully saturated rings. The first kappa shape index (κ1) is 12.6. The molecule has 1 amide bonds. The maximum atomic E-state index is 11.7. The van der Waals surface area contributed by atoms with Crippen molar-refractivity contribution in [1.29, 1.82) is 0 Å². The minimum Gasteiger partial charge on any atom is -0.492 e. The SMILES string of the molecule is CCCC1=NN(CCOc2ccccc2)C(=O)C1. The van der Waals surface area contributed by atoms with Gasteiger partial charge in [0, 0.05) is 5.71 Å². The van der Waals surface area contributed by atoms with E-state index >= 15 is 0 Å². The van der Waals surface area contributed by atoms with Gasteiger partial charge in [0.15, 0.2) is 0 Å². The summed E-state index contributed by atoms with van der Waals surface area (Å²) in [4.78, 5) is 11.7. The molecule has 18 heavy (non-hydrogen) atoms. The Balaban J connectivity index is 1.78. The average molecular weight is 246 g/mol. The predicted molar refractivity (Wildman–Crippen MR) is 70.6 cm³/mol. The zero-order valence-electron chi connectivity index (χ0n) is 10.6. The summed E-state index contributed by atoms with van der Waals surface area (Å²) < 4.78 is 5.55. The van der Waals surface area contributed by atoms with E-state index in [1.165, 1.54) is 5.01 Å². The van der Waals surface area contributed by atoms with Crippen molar-refractivity contribution in [3.8, 4) is 5.75 Å². The van der Waals surface area contributed by atoms with Crippen LogP contribution in [-0.2, 0) is 4.79 Å². The fourth-order valence-electron chi connectivity index (χ4n) is 1.90. The van der Waals surface area contributed by atoms with E-state index in [0.717, 1.165) is 24.3 Å². The molecule has 0 saturated carbocycles. The van der Waals surface area contributed by atoms with E-state index in [1.807, 2.05) is 30.3 Å². The van der Waals surface area contributed by atoms with Crippen molar-refractivity contribution in [2.45, 2.75) is 26.2 Å². The third-order valence-electron chi connectivity index (χ3n) is 2.76. The molecule has 0 unspecified atom stereocenters. The zero-order chi connectivity index (χ0) is 12.8. The standard InChI is InChI=1S/C14H18N2O2/c1-2-6-12-11-14(17)16(15-12)9-10-18-13-7-4-3-5-8-13/h3-5,7-8H,2,6,9-11H2,1H3.